The molecule has 0 heterocycles. The molecule has 2 amide bonds. The summed E-state index contributed by atoms with van der Waals surface area (Å²) < 4.78 is 34.3. The lowest BCUT2D eigenvalue weighted by molar-refractivity contribution is -0.138. The molecule has 0 aliphatic carbocycles. The third kappa shape index (κ3) is 8.32. The largest absolute Gasteiger partial charge is 0.494 e. The summed E-state index contributed by atoms with van der Waals surface area (Å²) in [7, 11) is -4.12. The second-order valence-corrected chi connectivity index (χ2v) is 11.3. The normalized spacial score (nSPS) is 11.9. The van der Waals surface area contributed by atoms with Gasteiger partial charge in [-0.25, -0.2) is 8.42 Å². The molecule has 40 heavy (non-hydrogen) atoms. The molecule has 1 atom stereocenters. The van der Waals surface area contributed by atoms with E-state index in [-0.39, 0.29) is 17.3 Å². The van der Waals surface area contributed by atoms with Gasteiger partial charge in [0.15, 0.2) is 0 Å². The summed E-state index contributed by atoms with van der Waals surface area (Å²) in [4.78, 5) is 28.4. The number of benzene rings is 3. The monoisotopic (exact) mass is 565 g/mol. The van der Waals surface area contributed by atoms with Crippen LogP contribution in [0, 0.1) is 0 Å². The number of nitrogens with zero attached hydrogens (tertiary/aromatic N) is 2. The van der Waals surface area contributed by atoms with Crippen LogP contribution in [0.5, 0.6) is 5.75 Å². The van der Waals surface area contributed by atoms with Crippen molar-refractivity contribution in [2.75, 3.05) is 30.5 Å². The fraction of sp³-hybridized carbons (Fsp3) is 0.355. The van der Waals surface area contributed by atoms with Gasteiger partial charge in [-0.2, -0.15) is 0 Å². The van der Waals surface area contributed by atoms with Crippen LogP contribution < -0.4 is 14.4 Å². The minimum absolute atomic E-state index is 0.0359. The smallest absolute Gasteiger partial charge is 0.264 e. The van der Waals surface area contributed by atoms with Gasteiger partial charge in [-0.1, -0.05) is 61.9 Å². The highest BCUT2D eigenvalue weighted by molar-refractivity contribution is 7.92. The minimum Gasteiger partial charge on any atom is -0.494 e. The molecule has 3 aromatic rings. The predicted octanol–water partition coefficient (Wildman–Crippen LogP) is 4.66. The van der Waals surface area contributed by atoms with Crippen molar-refractivity contribution in [2.45, 2.75) is 51.0 Å². The Hall–Kier alpha value is -3.85. The second kappa shape index (κ2) is 15.1. The Morgan fingerprint density at radius 1 is 0.900 bits per heavy atom. The van der Waals surface area contributed by atoms with Crippen LogP contribution in [0.4, 0.5) is 5.69 Å². The van der Waals surface area contributed by atoms with E-state index in [1.807, 2.05) is 44.2 Å². The molecule has 0 radical (unpaired) electrons. The lowest BCUT2D eigenvalue weighted by Crippen LogP contribution is -2.52. The molecular weight excluding hydrogens is 526 g/mol. The van der Waals surface area contributed by atoms with Crippen molar-refractivity contribution in [2.24, 2.45) is 0 Å². The number of amides is 2. The first-order valence-electron chi connectivity index (χ1n) is 13.7. The summed E-state index contributed by atoms with van der Waals surface area (Å²) in [5.74, 6) is -0.179. The Labute approximate surface area is 238 Å². The van der Waals surface area contributed by atoms with E-state index in [1.165, 1.54) is 17.0 Å². The highest BCUT2D eigenvalue weighted by Gasteiger charge is 2.32. The number of para-hydroxylation sites is 1. The summed E-state index contributed by atoms with van der Waals surface area (Å²) in [5, 5.41) is 2.90. The van der Waals surface area contributed by atoms with Gasteiger partial charge in [-0.15, -0.1) is 0 Å². The highest BCUT2D eigenvalue weighted by atomic mass is 32.2. The Morgan fingerprint density at radius 3 is 2.12 bits per heavy atom. The van der Waals surface area contributed by atoms with Gasteiger partial charge < -0.3 is 15.0 Å². The number of hydrogen-bond acceptors (Lipinski definition) is 5. The van der Waals surface area contributed by atoms with E-state index >= 15 is 0 Å². The molecule has 0 fully saturated rings. The van der Waals surface area contributed by atoms with Gasteiger partial charge in [0, 0.05) is 13.1 Å². The van der Waals surface area contributed by atoms with E-state index in [2.05, 4.69) is 5.32 Å². The van der Waals surface area contributed by atoms with E-state index in [1.54, 1.807) is 49.4 Å². The molecule has 3 rings (SSSR count). The Morgan fingerprint density at radius 2 is 1.52 bits per heavy atom. The van der Waals surface area contributed by atoms with Crippen molar-refractivity contribution in [1.82, 2.24) is 10.2 Å². The van der Waals surface area contributed by atoms with Crippen molar-refractivity contribution >= 4 is 27.5 Å². The average molecular weight is 566 g/mol. The van der Waals surface area contributed by atoms with Crippen LogP contribution in [-0.4, -0.2) is 57.4 Å². The maximum Gasteiger partial charge on any atom is 0.264 e. The predicted molar refractivity (Wildman–Crippen MR) is 158 cm³/mol. The lowest BCUT2D eigenvalue weighted by atomic mass is 10.1. The van der Waals surface area contributed by atoms with Crippen LogP contribution in [-0.2, 0) is 26.0 Å². The van der Waals surface area contributed by atoms with E-state index < -0.39 is 28.5 Å². The summed E-state index contributed by atoms with van der Waals surface area (Å²) in [5.41, 5.74) is 1.37. The van der Waals surface area contributed by atoms with Gasteiger partial charge in [0.2, 0.25) is 11.8 Å². The Balaban J connectivity index is 1.91. The lowest BCUT2D eigenvalue weighted by Gasteiger charge is -2.32. The SMILES string of the molecule is CCCCNC(=O)[C@@H](C)N(CCc1ccccc1)C(=O)CN(c1ccccc1)S(=O)(=O)c1ccc(OCC)cc1. The van der Waals surface area contributed by atoms with Gasteiger partial charge in [-0.05, 0) is 68.7 Å². The van der Waals surface area contributed by atoms with E-state index in [9.17, 15) is 18.0 Å². The number of hydrogen-bond donors (Lipinski definition) is 1. The van der Waals surface area contributed by atoms with Crippen LogP contribution in [0.3, 0.4) is 0 Å². The van der Waals surface area contributed by atoms with Crippen LogP contribution >= 0.6 is 0 Å². The average Bonchev–Trinajstić information content (AvgIpc) is 2.97. The topological polar surface area (TPSA) is 96.0 Å². The zero-order valence-electron chi connectivity index (χ0n) is 23.5. The number of unbranched alkanes of at least 4 members (excludes halogenated alkanes) is 1. The molecule has 0 spiro atoms. The first kappa shape index (κ1) is 30.7. The number of anilines is 1. The van der Waals surface area contributed by atoms with E-state index in [0.717, 1.165) is 22.7 Å². The third-order valence-corrected chi connectivity index (χ3v) is 8.31. The molecule has 0 saturated heterocycles. The molecule has 0 aliphatic rings. The van der Waals surface area contributed by atoms with Crippen LogP contribution in [0.2, 0.25) is 0 Å². The Bertz CT molecular complexity index is 1320. The molecule has 214 valence electrons. The first-order valence-corrected chi connectivity index (χ1v) is 15.1. The fourth-order valence-electron chi connectivity index (χ4n) is 4.23. The molecule has 0 saturated carbocycles. The molecule has 8 nitrogen and oxygen atoms in total. The number of ether oxygens (including phenoxy) is 1. The quantitative estimate of drug-likeness (QED) is 0.271. The molecule has 3 aromatic carbocycles. The first-order chi connectivity index (χ1) is 19.3. The van der Waals surface area contributed by atoms with Crippen LogP contribution in [0.1, 0.15) is 39.2 Å². The van der Waals surface area contributed by atoms with Crippen molar-refractivity contribution < 1.29 is 22.7 Å². The molecule has 0 unspecified atom stereocenters. The molecule has 0 bridgehead atoms. The standard InChI is InChI=1S/C31H39N3O5S/c1-4-6-22-32-31(36)25(3)33(23-21-26-13-9-7-10-14-26)30(35)24-34(27-15-11-8-12-16-27)40(37,38)29-19-17-28(18-20-29)39-5-2/h7-20,25H,4-6,21-24H2,1-3H3,(H,32,36)/t25-/m1/s1. The Kier molecular flexibility index (Phi) is 11.6. The number of carbonyl (C=O) groups is 2. The van der Waals surface area contributed by atoms with E-state index in [0.29, 0.717) is 31.0 Å². The number of nitrogens with one attached hydrogen (secondary N) is 1. The van der Waals surface area contributed by atoms with Gasteiger partial charge in [0.1, 0.15) is 18.3 Å². The van der Waals surface area contributed by atoms with Gasteiger partial charge in [-0.3, -0.25) is 13.9 Å². The van der Waals surface area contributed by atoms with Gasteiger partial charge >= 0.3 is 0 Å². The summed E-state index contributed by atoms with van der Waals surface area (Å²) in [6.07, 6.45) is 2.29. The maximum atomic E-state index is 13.9. The van der Waals surface area contributed by atoms with Gasteiger partial charge in [0.25, 0.3) is 10.0 Å². The zero-order valence-corrected chi connectivity index (χ0v) is 24.3. The molecule has 9 heteroatoms. The fourth-order valence-corrected chi connectivity index (χ4v) is 5.65. The molecule has 0 aliphatic heterocycles. The third-order valence-electron chi connectivity index (χ3n) is 6.53. The van der Waals surface area contributed by atoms with E-state index in [4.69, 9.17) is 4.74 Å². The molecule has 0 aromatic heterocycles. The van der Waals surface area contributed by atoms with Crippen molar-refractivity contribution in [3.05, 3.63) is 90.5 Å². The van der Waals surface area contributed by atoms with Gasteiger partial charge in [0.05, 0.1) is 17.2 Å². The van der Waals surface area contributed by atoms with Crippen molar-refractivity contribution in [1.29, 1.82) is 0 Å². The van der Waals surface area contributed by atoms with Crippen molar-refractivity contribution in [3.8, 4) is 5.75 Å². The second-order valence-electron chi connectivity index (χ2n) is 9.39. The van der Waals surface area contributed by atoms with Crippen LogP contribution in [0.15, 0.2) is 89.8 Å². The van der Waals surface area contributed by atoms with Crippen LogP contribution in [0.25, 0.3) is 0 Å². The molecular formula is C31H39N3O5S. The summed E-state index contributed by atoms with van der Waals surface area (Å²) in [6.45, 7) is 6.34. The molecule has 1 N–H and O–H groups in total. The zero-order chi connectivity index (χ0) is 29.0. The highest BCUT2D eigenvalue weighted by Crippen LogP contribution is 2.25. The number of sulfonamides is 1. The minimum atomic E-state index is -4.12. The summed E-state index contributed by atoms with van der Waals surface area (Å²) in [6, 6.07) is 23.5. The summed E-state index contributed by atoms with van der Waals surface area (Å²) >= 11 is 0. The number of carbonyl (C=O) groups excluding carboxylic acids is 2. The van der Waals surface area contributed by atoms with Crippen molar-refractivity contribution in [3.63, 3.8) is 0 Å². The number of rotatable bonds is 15. The maximum absolute atomic E-state index is 13.9.